The molecule has 112 valence electrons. The third-order valence-corrected chi connectivity index (χ3v) is 2.64. The number of rotatable bonds is 12. The lowest BCUT2D eigenvalue weighted by atomic mass is 10.1. The Bertz CT molecular complexity index is 252. The molecular formula is C14H26O5. The highest BCUT2D eigenvalue weighted by molar-refractivity contribution is 5.66. The first-order valence-corrected chi connectivity index (χ1v) is 6.77. The van der Waals surface area contributed by atoms with Crippen molar-refractivity contribution in [3.8, 4) is 0 Å². The number of aliphatic hydroxyl groups is 1. The lowest BCUT2D eigenvalue weighted by molar-refractivity contribution is -0.137. The van der Waals surface area contributed by atoms with Crippen LogP contribution in [0.4, 0.5) is 0 Å². The number of aliphatic carboxylic acids is 1. The van der Waals surface area contributed by atoms with Gasteiger partial charge < -0.3 is 19.7 Å². The number of carboxylic acid groups (broad SMARTS) is 1. The molecule has 0 saturated carbocycles. The van der Waals surface area contributed by atoms with Crippen molar-refractivity contribution in [2.45, 2.75) is 57.7 Å². The van der Waals surface area contributed by atoms with Crippen molar-refractivity contribution in [3.05, 3.63) is 12.2 Å². The zero-order chi connectivity index (χ0) is 14.5. The molecule has 5 nitrogen and oxygen atoms in total. The Kier molecular flexibility index (Phi) is 11.6. The van der Waals surface area contributed by atoms with Gasteiger partial charge in [0.05, 0.1) is 12.2 Å². The summed E-state index contributed by atoms with van der Waals surface area (Å²) in [4.78, 5) is 10.4. The first-order chi connectivity index (χ1) is 9.10. The topological polar surface area (TPSA) is 76.0 Å². The van der Waals surface area contributed by atoms with Crippen molar-refractivity contribution in [3.63, 3.8) is 0 Å². The number of carboxylic acids is 1. The molecule has 0 aromatic carbocycles. The Morgan fingerprint density at radius 3 is 2.74 bits per heavy atom. The number of ether oxygens (including phenoxy) is 2. The van der Waals surface area contributed by atoms with E-state index in [0.29, 0.717) is 19.3 Å². The van der Waals surface area contributed by atoms with E-state index in [1.165, 1.54) is 0 Å². The number of aliphatic hydroxyl groups excluding tert-OH is 1. The smallest absolute Gasteiger partial charge is 0.303 e. The number of hydrogen-bond donors (Lipinski definition) is 2. The quantitative estimate of drug-likeness (QED) is 0.324. The van der Waals surface area contributed by atoms with Crippen LogP contribution in [0.5, 0.6) is 0 Å². The van der Waals surface area contributed by atoms with Crippen molar-refractivity contribution in [2.75, 3.05) is 13.9 Å². The van der Waals surface area contributed by atoms with Crippen LogP contribution in [-0.2, 0) is 14.3 Å². The van der Waals surface area contributed by atoms with E-state index >= 15 is 0 Å². The first kappa shape index (κ1) is 18.1. The summed E-state index contributed by atoms with van der Waals surface area (Å²) in [5, 5.41) is 18.3. The molecule has 19 heavy (non-hydrogen) atoms. The first-order valence-electron chi connectivity index (χ1n) is 6.77. The van der Waals surface area contributed by atoms with Gasteiger partial charge in [0.2, 0.25) is 0 Å². The van der Waals surface area contributed by atoms with E-state index in [2.05, 4.69) is 0 Å². The average molecular weight is 274 g/mol. The van der Waals surface area contributed by atoms with E-state index in [4.69, 9.17) is 14.6 Å². The lowest BCUT2D eigenvalue weighted by Gasteiger charge is -2.17. The monoisotopic (exact) mass is 274 g/mol. The molecule has 0 heterocycles. The number of methoxy groups -OCH3 is 1. The molecule has 0 amide bonds. The van der Waals surface area contributed by atoms with Crippen LogP contribution in [0.3, 0.4) is 0 Å². The van der Waals surface area contributed by atoms with Gasteiger partial charge >= 0.3 is 5.97 Å². The minimum Gasteiger partial charge on any atom is -0.481 e. The van der Waals surface area contributed by atoms with Gasteiger partial charge in [-0.1, -0.05) is 25.5 Å². The highest BCUT2D eigenvalue weighted by Gasteiger charge is 2.11. The lowest BCUT2D eigenvalue weighted by Crippen LogP contribution is -2.20. The highest BCUT2D eigenvalue weighted by Crippen LogP contribution is 2.10. The molecule has 0 fully saturated rings. The van der Waals surface area contributed by atoms with Gasteiger partial charge in [-0.3, -0.25) is 4.79 Å². The number of carbonyl (C=O) groups is 1. The maximum Gasteiger partial charge on any atom is 0.303 e. The fourth-order valence-electron chi connectivity index (χ4n) is 1.70. The van der Waals surface area contributed by atoms with E-state index in [9.17, 15) is 9.90 Å². The van der Waals surface area contributed by atoms with Crippen LogP contribution in [0.15, 0.2) is 12.2 Å². The van der Waals surface area contributed by atoms with Gasteiger partial charge in [0.25, 0.3) is 0 Å². The van der Waals surface area contributed by atoms with E-state index in [0.717, 1.165) is 12.8 Å². The van der Waals surface area contributed by atoms with E-state index in [1.807, 2.05) is 19.1 Å². The standard InChI is InChI=1S/C14H26O5/c1-3-7-12(15)10-13(19-11-18-2)8-5-4-6-9-14(16)17/h5,8,12-13,15H,3-4,6-7,9-11H2,1-2H3,(H,16,17)/b8-5+/t12-,13?/m1/s1. The summed E-state index contributed by atoms with van der Waals surface area (Å²) in [6.45, 7) is 2.21. The molecule has 0 aliphatic heterocycles. The zero-order valence-electron chi connectivity index (χ0n) is 11.9. The fraction of sp³-hybridized carbons (Fsp3) is 0.786. The van der Waals surface area contributed by atoms with Crippen LogP contribution in [0, 0.1) is 0 Å². The van der Waals surface area contributed by atoms with Crippen molar-refractivity contribution in [1.82, 2.24) is 0 Å². The molecule has 1 unspecified atom stereocenters. The molecule has 0 bridgehead atoms. The molecule has 5 heteroatoms. The van der Waals surface area contributed by atoms with Gasteiger partial charge in [-0.15, -0.1) is 0 Å². The molecular weight excluding hydrogens is 248 g/mol. The summed E-state index contributed by atoms with van der Waals surface area (Å²) in [5.41, 5.74) is 0. The minimum atomic E-state index is -0.779. The van der Waals surface area contributed by atoms with Gasteiger partial charge in [-0.2, -0.15) is 0 Å². The van der Waals surface area contributed by atoms with Crippen molar-refractivity contribution in [1.29, 1.82) is 0 Å². The van der Waals surface area contributed by atoms with Gasteiger partial charge in [-0.05, 0) is 19.3 Å². The predicted molar refractivity (Wildman–Crippen MR) is 72.9 cm³/mol. The van der Waals surface area contributed by atoms with Gasteiger partial charge in [0.15, 0.2) is 0 Å². The molecule has 2 atom stereocenters. The number of allylic oxidation sites excluding steroid dienone is 1. The van der Waals surface area contributed by atoms with Crippen molar-refractivity contribution in [2.24, 2.45) is 0 Å². The maximum atomic E-state index is 10.4. The summed E-state index contributed by atoms with van der Waals surface area (Å²) in [5.74, 6) is -0.779. The molecule has 0 aliphatic rings. The van der Waals surface area contributed by atoms with Crippen LogP contribution in [-0.4, -0.2) is 42.3 Å². The van der Waals surface area contributed by atoms with E-state index < -0.39 is 5.97 Å². The van der Waals surface area contributed by atoms with Crippen LogP contribution in [0.25, 0.3) is 0 Å². The SMILES string of the molecule is CCC[C@@H](O)CC(/C=C/CCCC(=O)O)OCOC. The molecule has 2 N–H and O–H groups in total. The van der Waals surface area contributed by atoms with Crippen molar-refractivity contribution < 1.29 is 24.5 Å². The third kappa shape index (κ3) is 11.9. The van der Waals surface area contributed by atoms with Gasteiger partial charge in [0.1, 0.15) is 6.79 Å². The van der Waals surface area contributed by atoms with Gasteiger partial charge in [-0.25, -0.2) is 0 Å². The normalized spacial score (nSPS) is 14.7. The minimum absolute atomic E-state index is 0.173. The number of hydrogen-bond acceptors (Lipinski definition) is 4. The Morgan fingerprint density at radius 2 is 2.16 bits per heavy atom. The summed E-state index contributed by atoms with van der Waals surface area (Å²) in [6, 6.07) is 0. The summed E-state index contributed by atoms with van der Waals surface area (Å²) >= 11 is 0. The molecule has 0 saturated heterocycles. The Hall–Kier alpha value is -0.910. The number of unbranched alkanes of at least 4 members (excludes halogenated alkanes) is 1. The third-order valence-electron chi connectivity index (χ3n) is 2.64. The van der Waals surface area contributed by atoms with Crippen LogP contribution < -0.4 is 0 Å². The summed E-state index contributed by atoms with van der Waals surface area (Å²) < 4.78 is 10.3. The highest BCUT2D eigenvalue weighted by atomic mass is 16.7. The van der Waals surface area contributed by atoms with E-state index in [-0.39, 0.29) is 25.4 Å². The second kappa shape index (κ2) is 12.1. The van der Waals surface area contributed by atoms with Crippen LogP contribution in [0.1, 0.15) is 45.4 Å². The summed E-state index contributed by atoms with van der Waals surface area (Å²) in [6.07, 6.45) is 6.91. The maximum absolute atomic E-state index is 10.4. The van der Waals surface area contributed by atoms with Gasteiger partial charge in [0, 0.05) is 20.0 Å². The molecule has 0 rings (SSSR count). The molecule has 0 spiro atoms. The summed E-state index contributed by atoms with van der Waals surface area (Å²) in [7, 11) is 1.55. The Balaban J connectivity index is 4.02. The zero-order valence-corrected chi connectivity index (χ0v) is 11.9. The molecule has 0 aliphatic carbocycles. The van der Waals surface area contributed by atoms with Crippen LogP contribution in [0.2, 0.25) is 0 Å². The molecule has 0 radical (unpaired) electrons. The largest absolute Gasteiger partial charge is 0.481 e. The Morgan fingerprint density at radius 1 is 1.42 bits per heavy atom. The Labute approximate surface area is 115 Å². The fourth-order valence-corrected chi connectivity index (χ4v) is 1.70. The second-order valence-electron chi connectivity index (χ2n) is 4.50. The van der Waals surface area contributed by atoms with E-state index in [1.54, 1.807) is 7.11 Å². The average Bonchev–Trinajstić information content (AvgIpc) is 2.35. The second-order valence-corrected chi connectivity index (χ2v) is 4.50. The predicted octanol–water partition coefficient (Wildman–Crippen LogP) is 2.34. The molecule has 0 aromatic rings. The van der Waals surface area contributed by atoms with Crippen molar-refractivity contribution >= 4 is 5.97 Å². The van der Waals surface area contributed by atoms with Crippen LogP contribution >= 0.6 is 0 Å². The molecule has 0 aromatic heterocycles.